The van der Waals surface area contributed by atoms with Gasteiger partial charge in [-0.25, -0.2) is 0 Å². The number of piperidine rings is 1. The molecule has 2 fully saturated rings. The Morgan fingerprint density at radius 2 is 2.29 bits per heavy atom. The molecule has 2 atom stereocenters. The van der Waals surface area contributed by atoms with E-state index in [1.807, 2.05) is 19.2 Å². The van der Waals surface area contributed by atoms with Crippen molar-refractivity contribution in [3.63, 3.8) is 0 Å². The number of fused-ring (bicyclic) bond motifs is 1. The van der Waals surface area contributed by atoms with Crippen LogP contribution in [0.4, 0.5) is 0 Å². The molecule has 0 unspecified atom stereocenters. The summed E-state index contributed by atoms with van der Waals surface area (Å²) in [6.45, 7) is 3.72. The van der Waals surface area contributed by atoms with E-state index in [0.717, 1.165) is 38.3 Å². The molecule has 2 saturated heterocycles. The monoisotopic (exact) mass is 309 g/mol. The van der Waals surface area contributed by atoms with Crippen molar-refractivity contribution in [3.8, 4) is 0 Å². The van der Waals surface area contributed by atoms with Crippen LogP contribution in [0.2, 0.25) is 5.02 Å². The molecular formula is C15H20ClN3O2. The molecule has 2 aliphatic rings. The Labute approximate surface area is 129 Å². The Morgan fingerprint density at radius 1 is 1.43 bits per heavy atom. The summed E-state index contributed by atoms with van der Waals surface area (Å²) in [6, 6.07) is 3.84. The Kier molecular flexibility index (Phi) is 4.42. The summed E-state index contributed by atoms with van der Waals surface area (Å²) in [4.78, 5) is 20.2. The minimum absolute atomic E-state index is 0.0790. The summed E-state index contributed by atoms with van der Waals surface area (Å²) in [5, 5.41) is 0.662. The largest absolute Gasteiger partial charge is 0.368 e. The fourth-order valence-electron chi connectivity index (χ4n) is 3.10. The minimum Gasteiger partial charge on any atom is -0.368 e. The molecule has 0 aromatic carbocycles. The van der Waals surface area contributed by atoms with Crippen LogP contribution in [0.1, 0.15) is 12.1 Å². The summed E-state index contributed by atoms with van der Waals surface area (Å²) in [5.74, 6) is 0.456. The van der Waals surface area contributed by atoms with Crippen LogP contribution in [0.3, 0.4) is 0 Å². The molecule has 3 rings (SSSR count). The van der Waals surface area contributed by atoms with Crippen molar-refractivity contribution in [1.82, 2.24) is 14.8 Å². The van der Waals surface area contributed by atoms with Gasteiger partial charge in [0, 0.05) is 45.3 Å². The summed E-state index contributed by atoms with van der Waals surface area (Å²) >= 11 is 5.86. The van der Waals surface area contributed by atoms with Gasteiger partial charge >= 0.3 is 0 Å². The van der Waals surface area contributed by atoms with E-state index in [4.69, 9.17) is 16.3 Å². The van der Waals surface area contributed by atoms with Gasteiger partial charge in [0.25, 0.3) is 0 Å². The van der Waals surface area contributed by atoms with Crippen LogP contribution in [0, 0.1) is 5.92 Å². The number of likely N-dealkylation sites (tertiary alicyclic amines) is 1. The molecule has 2 aliphatic heterocycles. The number of hydrogen-bond acceptors (Lipinski definition) is 4. The highest BCUT2D eigenvalue weighted by molar-refractivity contribution is 6.30. The predicted octanol–water partition coefficient (Wildman–Crippen LogP) is 1.41. The topological polar surface area (TPSA) is 45.7 Å². The average molecular weight is 310 g/mol. The summed E-state index contributed by atoms with van der Waals surface area (Å²) in [5.41, 5.74) is 1.02. The number of ether oxygens (including phenoxy) is 1. The van der Waals surface area contributed by atoms with Crippen molar-refractivity contribution in [3.05, 3.63) is 29.0 Å². The van der Waals surface area contributed by atoms with E-state index in [0.29, 0.717) is 10.9 Å². The van der Waals surface area contributed by atoms with Crippen LogP contribution in [0.5, 0.6) is 0 Å². The van der Waals surface area contributed by atoms with E-state index in [2.05, 4.69) is 9.88 Å². The number of rotatable bonds is 2. The van der Waals surface area contributed by atoms with Crippen molar-refractivity contribution in [2.75, 3.05) is 33.3 Å². The molecule has 6 heteroatoms. The number of aromatic nitrogens is 1. The average Bonchev–Trinajstić information content (AvgIpc) is 2.61. The first-order valence-electron chi connectivity index (χ1n) is 7.30. The first-order valence-corrected chi connectivity index (χ1v) is 7.68. The molecule has 0 spiro atoms. The molecule has 3 heterocycles. The fraction of sp³-hybridized carbons (Fsp3) is 0.600. The Balaban J connectivity index is 1.62. The molecule has 21 heavy (non-hydrogen) atoms. The number of pyridine rings is 1. The van der Waals surface area contributed by atoms with Gasteiger partial charge in [-0.05, 0) is 18.6 Å². The van der Waals surface area contributed by atoms with Crippen LogP contribution >= 0.6 is 11.6 Å². The number of likely N-dealkylation sites (N-methyl/N-ethyl adjacent to an activating group) is 1. The standard InChI is InChI=1S/C15H20ClN3O2/c1-18-7-11-8-19(5-4-14(11)21-10-15(18)20)9-13-3-2-12(16)6-17-13/h2-3,6,11,14H,4-5,7-10H2,1H3/t11-,14-/m0/s1. The van der Waals surface area contributed by atoms with Crippen molar-refractivity contribution >= 4 is 17.5 Å². The molecule has 1 aromatic heterocycles. The van der Waals surface area contributed by atoms with Gasteiger partial charge in [0.2, 0.25) is 5.91 Å². The molecular weight excluding hydrogens is 290 g/mol. The highest BCUT2D eigenvalue weighted by Gasteiger charge is 2.34. The molecule has 1 amide bonds. The molecule has 0 aliphatic carbocycles. The van der Waals surface area contributed by atoms with Crippen LogP contribution in [0.15, 0.2) is 18.3 Å². The zero-order chi connectivity index (χ0) is 14.8. The maximum Gasteiger partial charge on any atom is 0.248 e. The van der Waals surface area contributed by atoms with E-state index in [1.54, 1.807) is 11.1 Å². The van der Waals surface area contributed by atoms with Gasteiger partial charge < -0.3 is 9.64 Å². The van der Waals surface area contributed by atoms with E-state index in [-0.39, 0.29) is 18.6 Å². The fourth-order valence-corrected chi connectivity index (χ4v) is 3.21. The normalized spacial score (nSPS) is 27.3. The number of amides is 1. The van der Waals surface area contributed by atoms with Crippen LogP contribution in [-0.2, 0) is 16.1 Å². The van der Waals surface area contributed by atoms with E-state index in [9.17, 15) is 4.79 Å². The number of carbonyl (C=O) groups is 1. The maximum absolute atomic E-state index is 11.7. The molecule has 0 bridgehead atoms. The van der Waals surface area contributed by atoms with Crippen LogP contribution in [0.25, 0.3) is 0 Å². The second-order valence-corrected chi connectivity index (χ2v) is 6.31. The first-order chi connectivity index (χ1) is 10.1. The Morgan fingerprint density at radius 3 is 3.05 bits per heavy atom. The third kappa shape index (κ3) is 3.54. The van der Waals surface area contributed by atoms with Gasteiger partial charge in [0.15, 0.2) is 0 Å². The number of carbonyl (C=O) groups excluding carboxylic acids is 1. The van der Waals surface area contributed by atoms with E-state index < -0.39 is 0 Å². The highest BCUT2D eigenvalue weighted by atomic mass is 35.5. The molecule has 1 aromatic rings. The quantitative estimate of drug-likeness (QED) is 0.829. The van der Waals surface area contributed by atoms with Gasteiger partial charge in [-0.1, -0.05) is 11.6 Å². The first kappa shape index (κ1) is 14.8. The second-order valence-electron chi connectivity index (χ2n) is 5.88. The van der Waals surface area contributed by atoms with Crippen molar-refractivity contribution < 1.29 is 9.53 Å². The lowest BCUT2D eigenvalue weighted by atomic mass is 9.94. The Bertz CT molecular complexity index is 508. The number of halogens is 1. The van der Waals surface area contributed by atoms with Crippen molar-refractivity contribution in [2.45, 2.75) is 19.1 Å². The lowest BCUT2D eigenvalue weighted by molar-refractivity contribution is -0.133. The van der Waals surface area contributed by atoms with Gasteiger partial charge in [-0.2, -0.15) is 0 Å². The highest BCUT2D eigenvalue weighted by Crippen LogP contribution is 2.24. The van der Waals surface area contributed by atoms with Gasteiger partial charge in [0.1, 0.15) is 6.61 Å². The molecule has 0 radical (unpaired) electrons. The van der Waals surface area contributed by atoms with E-state index in [1.165, 1.54) is 0 Å². The van der Waals surface area contributed by atoms with E-state index >= 15 is 0 Å². The zero-order valence-corrected chi connectivity index (χ0v) is 12.9. The zero-order valence-electron chi connectivity index (χ0n) is 12.2. The van der Waals surface area contributed by atoms with Gasteiger partial charge in [-0.3, -0.25) is 14.7 Å². The van der Waals surface area contributed by atoms with Crippen LogP contribution < -0.4 is 0 Å². The van der Waals surface area contributed by atoms with Crippen LogP contribution in [-0.4, -0.2) is 60.1 Å². The van der Waals surface area contributed by atoms with Crippen molar-refractivity contribution in [2.24, 2.45) is 5.92 Å². The molecule has 0 N–H and O–H groups in total. The van der Waals surface area contributed by atoms with Gasteiger partial charge in [-0.15, -0.1) is 0 Å². The van der Waals surface area contributed by atoms with Gasteiger partial charge in [0.05, 0.1) is 16.8 Å². The summed E-state index contributed by atoms with van der Waals surface area (Å²) < 4.78 is 5.75. The third-order valence-electron chi connectivity index (χ3n) is 4.28. The molecule has 5 nitrogen and oxygen atoms in total. The second kappa shape index (κ2) is 6.30. The van der Waals surface area contributed by atoms with Crippen molar-refractivity contribution in [1.29, 1.82) is 0 Å². The lowest BCUT2D eigenvalue weighted by Crippen LogP contribution is -2.46. The maximum atomic E-state index is 11.7. The summed E-state index contributed by atoms with van der Waals surface area (Å²) in [7, 11) is 1.85. The smallest absolute Gasteiger partial charge is 0.248 e. The molecule has 114 valence electrons. The number of hydrogen-bond donors (Lipinski definition) is 0. The Hall–Kier alpha value is -1.17. The summed E-state index contributed by atoms with van der Waals surface area (Å²) in [6.07, 6.45) is 2.86. The lowest BCUT2D eigenvalue weighted by Gasteiger charge is -2.37. The molecule has 0 saturated carbocycles. The predicted molar refractivity (Wildman–Crippen MR) is 80.0 cm³/mol. The third-order valence-corrected chi connectivity index (χ3v) is 4.50. The number of nitrogens with zero attached hydrogens (tertiary/aromatic N) is 3. The minimum atomic E-state index is 0.0790. The SMILES string of the molecule is CN1C[C@H]2CN(Cc3ccc(Cl)cn3)CC[C@@H]2OCC1=O.